The molecule has 0 aliphatic rings. The van der Waals surface area contributed by atoms with Crippen LogP contribution in [0.15, 0.2) is 12.3 Å². The zero-order valence-corrected chi connectivity index (χ0v) is 17.5. The highest BCUT2D eigenvalue weighted by Gasteiger charge is 2.11. The van der Waals surface area contributed by atoms with Gasteiger partial charge in [-0.15, -0.1) is 0 Å². The molecular formula is C20H28Cl2N2. The smallest absolute Gasteiger partial charge is 0.132 e. The maximum Gasteiger partial charge on any atom is 0.132 e. The van der Waals surface area contributed by atoms with E-state index in [1.54, 1.807) is 0 Å². The fourth-order valence-corrected chi connectivity index (χ4v) is 3.76. The predicted octanol–water partition coefficient (Wildman–Crippen LogP) is 6.95. The SMILES string of the molecule is Cc1cc(Cl)c(C(C)C)c(C)n1.Cc1cnc(Cl)c(C(C)C)c1C. The Labute approximate surface area is 156 Å². The number of rotatable bonds is 2. The molecule has 0 aromatic carbocycles. The second-order valence-electron chi connectivity index (χ2n) is 6.82. The molecule has 2 nitrogen and oxygen atoms in total. The van der Waals surface area contributed by atoms with E-state index in [1.807, 2.05) is 26.1 Å². The first kappa shape index (κ1) is 20.9. The number of nitrogens with zero attached hydrogens (tertiary/aromatic N) is 2. The highest BCUT2D eigenvalue weighted by Crippen LogP contribution is 2.27. The summed E-state index contributed by atoms with van der Waals surface area (Å²) < 4.78 is 0. The van der Waals surface area contributed by atoms with E-state index >= 15 is 0 Å². The lowest BCUT2D eigenvalue weighted by Crippen LogP contribution is -1.98. The molecule has 0 unspecified atom stereocenters. The standard InChI is InChI=1S/2C10H14ClN/c1-6(2)10-8(4)12-7(3)5-9(10)11;1-6(2)9-8(4)7(3)5-12-10(9)11/h2*5-6H,1-4H3. The van der Waals surface area contributed by atoms with Gasteiger partial charge in [0.05, 0.1) is 0 Å². The molecule has 4 heteroatoms. The second-order valence-corrected chi connectivity index (χ2v) is 7.59. The summed E-state index contributed by atoms with van der Waals surface area (Å²) in [6, 6.07) is 1.92. The third-order valence-corrected chi connectivity index (χ3v) is 4.68. The van der Waals surface area contributed by atoms with Crippen LogP contribution in [0, 0.1) is 27.7 Å². The van der Waals surface area contributed by atoms with Gasteiger partial charge >= 0.3 is 0 Å². The molecule has 0 aliphatic carbocycles. The van der Waals surface area contributed by atoms with Crippen LogP contribution in [0.3, 0.4) is 0 Å². The minimum absolute atomic E-state index is 0.449. The first-order valence-corrected chi connectivity index (χ1v) is 9.07. The van der Waals surface area contributed by atoms with Crippen molar-refractivity contribution < 1.29 is 0 Å². The summed E-state index contributed by atoms with van der Waals surface area (Å²) in [4.78, 5) is 8.50. The average molecular weight is 367 g/mol. The van der Waals surface area contributed by atoms with Crippen molar-refractivity contribution in [3.63, 3.8) is 0 Å². The number of hydrogen-bond acceptors (Lipinski definition) is 2. The zero-order chi connectivity index (χ0) is 18.6. The highest BCUT2D eigenvalue weighted by atomic mass is 35.5. The van der Waals surface area contributed by atoms with Crippen molar-refractivity contribution in [2.24, 2.45) is 0 Å². The van der Waals surface area contributed by atoms with E-state index in [9.17, 15) is 0 Å². The first-order valence-electron chi connectivity index (χ1n) is 8.31. The molecule has 0 N–H and O–H groups in total. The van der Waals surface area contributed by atoms with Gasteiger partial charge in [-0.3, -0.25) is 4.98 Å². The van der Waals surface area contributed by atoms with Crippen LogP contribution in [-0.4, -0.2) is 9.97 Å². The van der Waals surface area contributed by atoms with E-state index in [-0.39, 0.29) is 0 Å². The van der Waals surface area contributed by atoms with E-state index in [0.29, 0.717) is 17.0 Å². The summed E-state index contributed by atoms with van der Waals surface area (Å²) >= 11 is 12.1. The summed E-state index contributed by atoms with van der Waals surface area (Å²) in [7, 11) is 0. The minimum atomic E-state index is 0.449. The van der Waals surface area contributed by atoms with Crippen molar-refractivity contribution in [2.75, 3.05) is 0 Å². The quantitative estimate of drug-likeness (QED) is 0.537. The molecule has 0 amide bonds. The van der Waals surface area contributed by atoms with Gasteiger partial charge in [0, 0.05) is 22.6 Å². The van der Waals surface area contributed by atoms with Gasteiger partial charge in [-0.1, -0.05) is 50.9 Å². The minimum Gasteiger partial charge on any atom is -0.258 e. The summed E-state index contributed by atoms with van der Waals surface area (Å²) in [6.45, 7) is 16.7. The van der Waals surface area contributed by atoms with Crippen LogP contribution >= 0.6 is 23.2 Å². The Kier molecular flexibility index (Phi) is 7.69. The van der Waals surface area contributed by atoms with Crippen molar-refractivity contribution in [1.82, 2.24) is 9.97 Å². The van der Waals surface area contributed by atoms with Crippen LogP contribution in [0.25, 0.3) is 0 Å². The zero-order valence-electron chi connectivity index (χ0n) is 16.0. The van der Waals surface area contributed by atoms with Gasteiger partial charge in [0.15, 0.2) is 0 Å². The summed E-state index contributed by atoms with van der Waals surface area (Å²) in [5, 5.41) is 1.49. The maximum absolute atomic E-state index is 6.09. The van der Waals surface area contributed by atoms with Crippen molar-refractivity contribution in [1.29, 1.82) is 0 Å². The Hall–Kier alpha value is -1.12. The molecule has 2 rings (SSSR count). The third-order valence-electron chi connectivity index (χ3n) is 4.07. The number of hydrogen-bond donors (Lipinski definition) is 0. The molecule has 132 valence electrons. The van der Waals surface area contributed by atoms with Crippen LogP contribution in [0.5, 0.6) is 0 Å². The fraction of sp³-hybridized carbons (Fsp3) is 0.500. The van der Waals surface area contributed by atoms with Gasteiger partial charge in [-0.05, 0) is 67.9 Å². The summed E-state index contributed by atoms with van der Waals surface area (Å²) in [5.41, 5.74) is 6.86. The Balaban J connectivity index is 0.000000240. The molecule has 24 heavy (non-hydrogen) atoms. The van der Waals surface area contributed by atoms with Crippen LogP contribution < -0.4 is 0 Å². The van der Waals surface area contributed by atoms with Crippen LogP contribution in [-0.2, 0) is 0 Å². The van der Waals surface area contributed by atoms with E-state index in [4.69, 9.17) is 23.2 Å². The van der Waals surface area contributed by atoms with Gasteiger partial charge in [0.1, 0.15) is 5.15 Å². The summed E-state index contributed by atoms with van der Waals surface area (Å²) in [5.74, 6) is 0.899. The molecule has 0 saturated heterocycles. The summed E-state index contributed by atoms with van der Waals surface area (Å²) in [6.07, 6.45) is 1.82. The molecule has 0 atom stereocenters. The number of halogens is 2. The van der Waals surface area contributed by atoms with Crippen molar-refractivity contribution in [3.8, 4) is 0 Å². The lowest BCUT2D eigenvalue weighted by Gasteiger charge is -2.12. The number of aromatic nitrogens is 2. The van der Waals surface area contributed by atoms with Crippen molar-refractivity contribution in [3.05, 3.63) is 56.1 Å². The van der Waals surface area contributed by atoms with E-state index < -0.39 is 0 Å². The fourth-order valence-electron chi connectivity index (χ4n) is 2.84. The van der Waals surface area contributed by atoms with Crippen molar-refractivity contribution >= 4 is 23.2 Å². The molecule has 0 spiro atoms. The maximum atomic E-state index is 6.09. The van der Waals surface area contributed by atoms with Crippen LogP contribution in [0.2, 0.25) is 10.2 Å². The van der Waals surface area contributed by atoms with E-state index in [2.05, 4.69) is 51.5 Å². The lowest BCUT2D eigenvalue weighted by molar-refractivity contribution is 0.839. The van der Waals surface area contributed by atoms with Crippen LogP contribution in [0.1, 0.15) is 73.2 Å². The van der Waals surface area contributed by atoms with E-state index in [0.717, 1.165) is 16.4 Å². The topological polar surface area (TPSA) is 25.8 Å². The molecule has 0 aliphatic heterocycles. The third kappa shape index (κ3) is 5.19. The molecule has 2 heterocycles. The van der Waals surface area contributed by atoms with Gasteiger partial charge in [-0.25, -0.2) is 4.98 Å². The largest absolute Gasteiger partial charge is 0.258 e. The van der Waals surface area contributed by atoms with Gasteiger partial charge in [0.25, 0.3) is 0 Å². The molecule has 2 aromatic rings. The molecular weight excluding hydrogens is 339 g/mol. The number of aryl methyl sites for hydroxylation is 3. The number of pyridine rings is 2. The molecule has 0 bridgehead atoms. The van der Waals surface area contributed by atoms with E-state index in [1.165, 1.54) is 22.3 Å². The molecule has 0 radical (unpaired) electrons. The monoisotopic (exact) mass is 366 g/mol. The van der Waals surface area contributed by atoms with Gasteiger partial charge < -0.3 is 0 Å². The Morgan fingerprint density at radius 3 is 1.83 bits per heavy atom. The normalized spacial score (nSPS) is 10.8. The van der Waals surface area contributed by atoms with Gasteiger partial charge in [0.2, 0.25) is 0 Å². The first-order chi connectivity index (χ1) is 11.1. The average Bonchev–Trinajstić information content (AvgIpc) is 2.42. The van der Waals surface area contributed by atoms with Crippen molar-refractivity contribution in [2.45, 2.75) is 67.2 Å². The van der Waals surface area contributed by atoms with Gasteiger partial charge in [-0.2, -0.15) is 0 Å². The predicted molar refractivity (Wildman–Crippen MR) is 106 cm³/mol. The Morgan fingerprint density at radius 1 is 0.875 bits per heavy atom. The lowest BCUT2D eigenvalue weighted by atomic mass is 9.98. The van der Waals surface area contributed by atoms with Crippen LogP contribution in [0.4, 0.5) is 0 Å². The Morgan fingerprint density at radius 2 is 1.42 bits per heavy atom. The second kappa shape index (κ2) is 8.82. The molecule has 0 saturated carbocycles. The Bertz CT molecular complexity index is 684. The molecule has 0 fully saturated rings. The highest BCUT2D eigenvalue weighted by molar-refractivity contribution is 6.31. The molecule has 2 aromatic heterocycles.